The van der Waals surface area contributed by atoms with Crippen LogP contribution < -0.4 is 0 Å². The van der Waals surface area contributed by atoms with Crippen molar-refractivity contribution in [3.63, 3.8) is 0 Å². The molecule has 0 heterocycles. The second-order valence-corrected chi connectivity index (χ2v) is 3.03. The molecule has 0 aromatic heterocycles. The van der Waals surface area contributed by atoms with Gasteiger partial charge >= 0.3 is 12.4 Å². The van der Waals surface area contributed by atoms with Crippen LogP contribution in [-0.2, 0) is 26.6 Å². The molecule has 0 amide bonds. The molecule has 0 radical (unpaired) electrons. The van der Waals surface area contributed by atoms with E-state index < -0.39 is 30.0 Å². The van der Waals surface area contributed by atoms with Gasteiger partial charge < -0.3 is 4.74 Å². The van der Waals surface area contributed by atoms with E-state index in [1.807, 2.05) is 0 Å². The minimum Gasteiger partial charge on any atom is -0.656 e. The second kappa shape index (κ2) is 7.04. The minimum atomic E-state index is -5.36. The molecule has 0 bridgehead atoms. The first-order chi connectivity index (χ1) is 7.48. The van der Waals surface area contributed by atoms with Crippen molar-refractivity contribution in [1.82, 2.24) is 0 Å². The molecule has 2 nitrogen and oxygen atoms in total. The average Bonchev–Trinajstić information content (AvgIpc) is 2.13. The molecule has 0 atom stereocenters. The molecule has 0 fully saturated rings. The molecule has 0 aliphatic rings. The Morgan fingerprint density at radius 2 is 1.61 bits per heavy atom. The van der Waals surface area contributed by atoms with Gasteiger partial charge in [-0.25, -0.2) is 0 Å². The van der Waals surface area contributed by atoms with Gasteiger partial charge in [0.2, 0.25) is 0 Å². The van der Waals surface area contributed by atoms with E-state index in [2.05, 4.69) is 4.74 Å². The van der Waals surface area contributed by atoms with Gasteiger partial charge in [0, 0.05) is 23.1 Å². The van der Waals surface area contributed by atoms with Crippen LogP contribution in [0.4, 0.5) is 26.3 Å². The van der Waals surface area contributed by atoms with Crippen LogP contribution in [0.5, 0.6) is 0 Å². The van der Waals surface area contributed by atoms with Crippen molar-refractivity contribution in [1.29, 1.82) is 0 Å². The molecule has 0 saturated heterocycles. The van der Waals surface area contributed by atoms with Gasteiger partial charge in [-0.3, -0.25) is 4.79 Å². The zero-order valence-electron chi connectivity index (χ0n) is 9.22. The Hall–Kier alpha value is -0.691. The van der Waals surface area contributed by atoms with Crippen molar-refractivity contribution in [3.8, 4) is 0 Å². The standard InChI is InChI=1S/C9H9F6O2.Fe/c1-3-5(2)17-7(9(13,14)15)4-6(16)8(10,11)12;/h4H,3H2,1-2H3;/q-1;/b7-4-;. The van der Waals surface area contributed by atoms with E-state index >= 15 is 0 Å². The number of allylic oxidation sites excluding steroid dienone is 2. The first-order valence-electron chi connectivity index (χ1n) is 4.38. The minimum absolute atomic E-state index is 0. The van der Waals surface area contributed by atoms with Crippen LogP contribution in [0.25, 0.3) is 0 Å². The molecule has 0 unspecified atom stereocenters. The largest absolute Gasteiger partial charge is 0.656 e. The Morgan fingerprint density at radius 3 is 1.89 bits per heavy atom. The number of hydrogen-bond donors (Lipinski definition) is 0. The molecular formula is C9H9F6FeO2-. The topological polar surface area (TPSA) is 26.3 Å². The Kier molecular flexibility index (Phi) is 7.68. The van der Waals surface area contributed by atoms with Crippen LogP contribution >= 0.6 is 0 Å². The summed E-state index contributed by atoms with van der Waals surface area (Å²) in [4.78, 5) is 10.4. The Morgan fingerprint density at radius 1 is 1.17 bits per heavy atom. The predicted molar refractivity (Wildman–Crippen MR) is 45.5 cm³/mol. The fourth-order valence-electron chi connectivity index (χ4n) is 0.630. The molecule has 0 aromatic rings. The summed E-state index contributed by atoms with van der Waals surface area (Å²) in [5, 5.41) is 0. The van der Waals surface area contributed by atoms with Crippen LogP contribution in [-0.4, -0.2) is 18.1 Å². The molecular weight excluding hydrogens is 310 g/mol. The van der Waals surface area contributed by atoms with E-state index in [0.29, 0.717) is 0 Å². The number of carbonyl (C=O) groups excluding carboxylic acids is 1. The Balaban J connectivity index is 0. The summed E-state index contributed by atoms with van der Waals surface area (Å²) in [5.41, 5.74) is 0. The number of alkyl halides is 6. The normalized spacial score (nSPS) is 13.3. The number of ether oxygens (including phenoxy) is 1. The molecule has 0 aliphatic carbocycles. The van der Waals surface area contributed by atoms with Crippen LogP contribution in [0.2, 0.25) is 0 Å². The van der Waals surface area contributed by atoms with Crippen molar-refractivity contribution in [3.05, 3.63) is 17.9 Å². The fourth-order valence-corrected chi connectivity index (χ4v) is 0.630. The van der Waals surface area contributed by atoms with Gasteiger partial charge in [0.15, 0.2) is 5.76 Å². The fraction of sp³-hybridized carbons (Fsp3) is 0.556. The van der Waals surface area contributed by atoms with Gasteiger partial charge in [0.25, 0.3) is 5.78 Å². The summed E-state index contributed by atoms with van der Waals surface area (Å²) in [6.07, 6.45) is -11.2. The first-order valence-corrected chi connectivity index (χ1v) is 4.38. The monoisotopic (exact) mass is 319 g/mol. The number of ketones is 1. The Bertz CT molecular complexity index is 307. The van der Waals surface area contributed by atoms with Crippen LogP contribution in [0.1, 0.15) is 20.3 Å². The number of hydrogen-bond acceptors (Lipinski definition) is 2. The second-order valence-electron chi connectivity index (χ2n) is 3.03. The first kappa shape index (κ1) is 19.6. The van der Waals surface area contributed by atoms with Gasteiger partial charge in [-0.2, -0.15) is 33.3 Å². The van der Waals surface area contributed by atoms with Crippen molar-refractivity contribution in [2.45, 2.75) is 32.6 Å². The molecule has 108 valence electrons. The van der Waals surface area contributed by atoms with Crippen molar-refractivity contribution in [2.75, 3.05) is 0 Å². The van der Waals surface area contributed by atoms with Gasteiger partial charge in [-0.15, -0.1) is 12.5 Å². The quantitative estimate of drug-likeness (QED) is 0.260. The molecule has 18 heavy (non-hydrogen) atoms. The Labute approximate surface area is 110 Å². The SMILES string of the molecule is CC[C-](C)O/C(=C\C(=O)C(F)(F)F)C(F)(F)F.[Fe]. The van der Waals surface area contributed by atoms with Gasteiger partial charge in [-0.1, -0.05) is 6.92 Å². The van der Waals surface area contributed by atoms with E-state index in [1.165, 1.54) is 6.92 Å². The van der Waals surface area contributed by atoms with E-state index in [1.54, 1.807) is 0 Å². The molecule has 0 rings (SSSR count). The zero-order chi connectivity index (χ0) is 13.9. The third-order valence-corrected chi connectivity index (χ3v) is 1.60. The maximum atomic E-state index is 12.2. The van der Waals surface area contributed by atoms with E-state index in [4.69, 9.17) is 0 Å². The van der Waals surface area contributed by atoms with Gasteiger partial charge in [0.05, 0.1) is 0 Å². The predicted octanol–water partition coefficient (Wildman–Crippen LogP) is 3.54. The third kappa shape index (κ3) is 6.90. The number of halogens is 6. The smallest absolute Gasteiger partial charge is 0.454 e. The van der Waals surface area contributed by atoms with Crippen molar-refractivity contribution >= 4 is 5.78 Å². The van der Waals surface area contributed by atoms with Crippen LogP contribution in [0.15, 0.2) is 11.8 Å². The summed E-state index contributed by atoms with van der Waals surface area (Å²) < 4.78 is 76.3. The molecule has 0 spiro atoms. The van der Waals surface area contributed by atoms with E-state index in [9.17, 15) is 31.1 Å². The van der Waals surface area contributed by atoms with E-state index in [0.717, 1.165) is 6.92 Å². The van der Waals surface area contributed by atoms with E-state index in [-0.39, 0.29) is 29.6 Å². The summed E-state index contributed by atoms with van der Waals surface area (Å²) in [6.45, 7) is 2.62. The number of rotatable bonds is 4. The summed E-state index contributed by atoms with van der Waals surface area (Å²) >= 11 is 0. The zero-order valence-corrected chi connectivity index (χ0v) is 10.3. The van der Waals surface area contributed by atoms with Crippen LogP contribution in [0.3, 0.4) is 0 Å². The van der Waals surface area contributed by atoms with Crippen molar-refractivity contribution < 1.29 is 52.9 Å². The molecule has 9 heteroatoms. The number of carbonyl (C=O) groups is 1. The molecule has 0 saturated carbocycles. The maximum Gasteiger partial charge on any atom is 0.454 e. The molecule has 0 aromatic carbocycles. The van der Waals surface area contributed by atoms with Crippen LogP contribution in [0, 0.1) is 6.10 Å². The molecule has 0 aliphatic heterocycles. The molecule has 0 N–H and O–H groups in total. The summed E-state index contributed by atoms with van der Waals surface area (Å²) in [6, 6.07) is 0. The average molecular weight is 319 g/mol. The van der Waals surface area contributed by atoms with Crippen molar-refractivity contribution in [2.24, 2.45) is 0 Å². The maximum absolute atomic E-state index is 12.2. The van der Waals surface area contributed by atoms with Gasteiger partial charge in [-0.05, 0) is 0 Å². The summed E-state index contributed by atoms with van der Waals surface area (Å²) in [5.74, 6) is -4.59. The van der Waals surface area contributed by atoms with Gasteiger partial charge in [0.1, 0.15) is 0 Å². The summed E-state index contributed by atoms with van der Waals surface area (Å²) in [7, 11) is 0. The third-order valence-electron chi connectivity index (χ3n) is 1.60.